The van der Waals surface area contributed by atoms with E-state index in [1.807, 2.05) is 0 Å². The third-order valence-electron chi connectivity index (χ3n) is 17.9. The van der Waals surface area contributed by atoms with Gasteiger partial charge < -0.3 is 43.4 Å². The minimum atomic E-state index is -4.00. The molecule has 0 amide bonds. The molecule has 0 spiro atoms. The molecule has 0 unspecified atom stereocenters. The zero-order chi connectivity index (χ0) is 78.1. The van der Waals surface area contributed by atoms with Crippen molar-refractivity contribution in [3.05, 3.63) is 228 Å². The highest BCUT2D eigenvalue weighted by Crippen LogP contribution is 2.40. The average Bonchev–Trinajstić information content (AvgIpc) is 1.63. The van der Waals surface area contributed by atoms with Crippen molar-refractivity contribution in [2.75, 3.05) is 55.8 Å². The van der Waals surface area contributed by atoms with E-state index in [4.69, 9.17) is 23.7 Å². The summed E-state index contributed by atoms with van der Waals surface area (Å²) in [5.41, 5.74) is 1.78. The number of sulfone groups is 3. The number of nitrogens with zero attached hydrogens (tertiary/aromatic N) is 6. The van der Waals surface area contributed by atoms with E-state index in [1.165, 1.54) is 91.4 Å². The van der Waals surface area contributed by atoms with Crippen LogP contribution in [0.15, 0.2) is 160 Å². The Kier molecular flexibility index (Phi) is 22.3. The molecule has 6 aromatic carbocycles. The van der Waals surface area contributed by atoms with E-state index >= 15 is 4.39 Å². The molecule has 0 aliphatic heterocycles. The summed E-state index contributed by atoms with van der Waals surface area (Å²) in [5, 5.41) is 0. The van der Waals surface area contributed by atoms with Gasteiger partial charge in [0.05, 0.1) is 71.8 Å². The van der Waals surface area contributed by atoms with E-state index in [0.717, 1.165) is 50.7 Å². The molecule has 12 aromatic rings. The van der Waals surface area contributed by atoms with Gasteiger partial charge in [0.25, 0.3) is 0 Å². The Hall–Kier alpha value is -11.3. The minimum Gasteiger partial charge on any atom is -0.490 e. The molecule has 0 bridgehead atoms. The van der Waals surface area contributed by atoms with Crippen LogP contribution in [0.5, 0.6) is 34.5 Å². The van der Waals surface area contributed by atoms with Crippen LogP contribution in [0.3, 0.4) is 0 Å². The maximum atomic E-state index is 16.7. The number of H-pyrrole nitrogens is 3. The lowest BCUT2D eigenvalue weighted by atomic mass is 9.99. The largest absolute Gasteiger partial charge is 0.490 e. The molecular weight excluding hydrogens is 1500 g/mol. The van der Waals surface area contributed by atoms with Crippen LogP contribution in [0.4, 0.5) is 35.1 Å². The predicted molar refractivity (Wildman–Crippen MR) is 389 cm³/mol. The molecule has 3 atom stereocenters. The van der Waals surface area contributed by atoms with E-state index in [0.29, 0.717) is 33.4 Å². The van der Waals surface area contributed by atoms with Crippen LogP contribution in [-0.4, -0.2) is 145 Å². The number of ether oxygens (including phenoxy) is 6. The van der Waals surface area contributed by atoms with Crippen molar-refractivity contribution >= 4 is 63.0 Å². The molecule has 0 aliphatic carbocycles. The van der Waals surface area contributed by atoms with Crippen molar-refractivity contribution < 1.29 is 88.8 Å². The first-order valence-electron chi connectivity index (χ1n) is 33.3. The molecule has 0 radical (unpaired) electrons. The molecule has 24 nitrogen and oxygen atoms in total. The minimum absolute atomic E-state index is 0.00776. The van der Waals surface area contributed by atoms with Crippen molar-refractivity contribution in [2.24, 2.45) is 0 Å². The standard InChI is InChI=1S/C74H67F8N9O15S3/c1-7-101-60-30-44(18-21-57(60)104-69(77)78)54(36-107(4,95)96)89-66-53(86-72(89)92)29-47(33-83-66)48-16-11-13-42(63(48)76)25-27-103-62-32-46(20-23-59(62)106-71(81)82)55(37-108(5,97)98)90-67-64(87-73(90)93)39(2)50(34-84-67)43-14-10-12-41(28-43)24-26-102-61-31-45(19-22-58(61)105-70(79)80)56(38-109(6,99)100)91-68-65(88-74(91)94)40(3)51(35-85-68)49-15-8-9-17-52(49)75/h8-23,28-35,54-56,69-71H,7,24-27,36-38H2,1-6H3,(H,86,92)(H,87,93)(H,88,94)/t54-,55-,56-/m0/s1. The number of nitrogens with one attached hydrogen (secondary N) is 3. The normalized spacial score (nSPS) is 13.1. The fraction of sp³-hybridized carbons (Fsp3) is 0.270. The van der Waals surface area contributed by atoms with E-state index in [2.05, 4.69) is 34.6 Å². The number of alkyl halides is 6. The summed E-state index contributed by atoms with van der Waals surface area (Å²) in [6.07, 6.45) is 6.79. The van der Waals surface area contributed by atoms with Gasteiger partial charge in [0.2, 0.25) is 0 Å². The Balaban J connectivity index is 0.782. The molecule has 109 heavy (non-hydrogen) atoms. The van der Waals surface area contributed by atoms with E-state index in [9.17, 15) is 70.4 Å². The lowest BCUT2D eigenvalue weighted by Crippen LogP contribution is -2.28. The second-order valence-electron chi connectivity index (χ2n) is 25.7. The monoisotopic (exact) mass is 1570 g/mol. The molecule has 0 fully saturated rings. The number of hydrogen-bond donors (Lipinski definition) is 3. The molecule has 35 heteroatoms. The van der Waals surface area contributed by atoms with Gasteiger partial charge in [-0.05, 0) is 114 Å². The van der Waals surface area contributed by atoms with E-state index < -0.39 is 132 Å². The Bertz CT molecular complexity index is 6030. The zero-order valence-corrected chi connectivity index (χ0v) is 61.0. The highest BCUT2D eigenvalue weighted by Gasteiger charge is 2.32. The molecule has 0 saturated carbocycles. The van der Waals surface area contributed by atoms with Crippen LogP contribution in [0.25, 0.3) is 66.9 Å². The topological polar surface area (TPSA) is 310 Å². The van der Waals surface area contributed by atoms with Gasteiger partial charge in [0.1, 0.15) is 41.1 Å². The number of fused-ring (bicyclic) bond motifs is 3. The van der Waals surface area contributed by atoms with Crippen molar-refractivity contribution in [2.45, 2.75) is 71.6 Å². The number of imidazole rings is 3. The number of halogens is 8. The number of aryl methyl sites for hydroxylation is 2. The fourth-order valence-electron chi connectivity index (χ4n) is 13.2. The van der Waals surface area contributed by atoms with Gasteiger partial charge in [-0.25, -0.2) is 63.4 Å². The quantitative estimate of drug-likeness (QED) is 0.0340. The Morgan fingerprint density at radius 1 is 0.440 bits per heavy atom. The van der Waals surface area contributed by atoms with Crippen molar-refractivity contribution in [1.82, 2.24) is 43.6 Å². The molecule has 3 N–H and O–H groups in total. The maximum absolute atomic E-state index is 16.7. The summed E-state index contributed by atoms with van der Waals surface area (Å²) in [6, 6.07) is 25.8. The average molecular weight is 1570 g/mol. The summed E-state index contributed by atoms with van der Waals surface area (Å²) < 4.78 is 228. The number of hydrogen-bond acceptors (Lipinski definition) is 18. The van der Waals surface area contributed by atoms with Crippen molar-refractivity contribution in [3.63, 3.8) is 0 Å². The highest BCUT2D eigenvalue weighted by molar-refractivity contribution is 7.91. The number of benzene rings is 6. The molecular formula is C74H67F8N9O15S3. The Morgan fingerprint density at radius 2 is 0.881 bits per heavy atom. The van der Waals surface area contributed by atoms with Gasteiger partial charge in [0.15, 0.2) is 51.4 Å². The summed E-state index contributed by atoms with van der Waals surface area (Å²) >= 11 is 0. The van der Waals surface area contributed by atoms with Gasteiger partial charge in [0, 0.05) is 78.0 Å². The molecule has 12 rings (SSSR count). The van der Waals surface area contributed by atoms with Crippen LogP contribution in [0, 0.1) is 25.5 Å². The third kappa shape index (κ3) is 17.3. The van der Waals surface area contributed by atoms with Crippen LogP contribution in [-0.2, 0) is 42.4 Å². The van der Waals surface area contributed by atoms with Crippen LogP contribution < -0.4 is 45.5 Å². The number of pyridine rings is 3. The fourth-order valence-corrected chi connectivity index (χ4v) is 15.9. The lowest BCUT2D eigenvalue weighted by molar-refractivity contribution is -0.0521. The number of aromatic amines is 3. The SMILES string of the molecule is CCOc1cc([C@H](CS(C)(=O)=O)n2c(=O)[nH]c3cc(-c4cccc(CCOc5cc([C@H](CS(C)(=O)=O)n6c(=O)[nH]c7c(C)c(-c8cccc(CCOc9cc([C@H](CS(C)(=O)=O)n%10c(=O)[nH]c%11c(C)c(-c%12ccccc%12F)cnc%11%10)ccc9OC(F)F)c8)cnc76)ccc5OC(F)F)c4F)cnc32)ccc1OC(F)F. The second-order valence-corrected chi connectivity index (χ2v) is 32.2. The summed E-state index contributed by atoms with van der Waals surface area (Å²) in [7, 11) is -11.8. The second kappa shape index (κ2) is 31.5. The summed E-state index contributed by atoms with van der Waals surface area (Å²) in [4.78, 5) is 63.6. The maximum Gasteiger partial charge on any atom is 0.387 e. The van der Waals surface area contributed by atoms with Gasteiger partial charge in [-0.15, -0.1) is 0 Å². The lowest BCUT2D eigenvalue weighted by Gasteiger charge is -2.21. The van der Waals surface area contributed by atoms with E-state index in [1.54, 1.807) is 57.2 Å². The van der Waals surface area contributed by atoms with E-state index in [-0.39, 0.29) is 121 Å². The smallest absolute Gasteiger partial charge is 0.387 e. The highest BCUT2D eigenvalue weighted by atomic mass is 32.2. The molecule has 572 valence electrons. The van der Waals surface area contributed by atoms with Gasteiger partial charge in [-0.1, -0.05) is 78.9 Å². The Morgan fingerprint density at radius 3 is 1.38 bits per heavy atom. The molecule has 6 heterocycles. The van der Waals surface area contributed by atoms with Crippen molar-refractivity contribution in [3.8, 4) is 67.9 Å². The van der Waals surface area contributed by atoms with Crippen LogP contribution in [0.2, 0.25) is 0 Å². The first-order valence-corrected chi connectivity index (χ1v) is 39.5. The first kappa shape index (κ1) is 77.3. The summed E-state index contributed by atoms with van der Waals surface area (Å²) in [6.45, 7) is -5.56. The summed E-state index contributed by atoms with van der Waals surface area (Å²) in [5.74, 6) is -5.32. The van der Waals surface area contributed by atoms with Gasteiger partial charge in [-0.3, -0.25) is 13.7 Å². The molecule has 0 saturated heterocycles. The van der Waals surface area contributed by atoms with Gasteiger partial charge in [-0.2, -0.15) is 26.3 Å². The first-order chi connectivity index (χ1) is 51.7. The Labute approximate surface area is 615 Å². The third-order valence-corrected chi connectivity index (χ3v) is 20.7. The van der Waals surface area contributed by atoms with Crippen molar-refractivity contribution in [1.29, 1.82) is 0 Å². The van der Waals surface area contributed by atoms with Gasteiger partial charge >= 0.3 is 36.9 Å². The van der Waals surface area contributed by atoms with Crippen LogP contribution >= 0.6 is 0 Å². The van der Waals surface area contributed by atoms with Crippen LogP contribution in [0.1, 0.15) is 64.0 Å². The number of rotatable bonds is 31. The zero-order valence-electron chi connectivity index (χ0n) is 58.5. The predicted octanol–water partition coefficient (Wildman–Crippen LogP) is 12.0. The number of aromatic nitrogens is 9. The molecule has 0 aliphatic rings. The molecule has 6 aromatic heterocycles.